The van der Waals surface area contributed by atoms with Crippen molar-refractivity contribution in [2.45, 2.75) is 20.3 Å². The van der Waals surface area contributed by atoms with E-state index in [0.29, 0.717) is 36.9 Å². The summed E-state index contributed by atoms with van der Waals surface area (Å²) in [5.74, 6) is -0.233. The van der Waals surface area contributed by atoms with Crippen LogP contribution in [0.3, 0.4) is 0 Å². The van der Waals surface area contributed by atoms with Crippen molar-refractivity contribution in [1.82, 2.24) is 4.90 Å². The van der Waals surface area contributed by atoms with E-state index in [1.54, 1.807) is 18.2 Å². The van der Waals surface area contributed by atoms with Crippen LogP contribution in [-0.4, -0.2) is 42.9 Å². The third-order valence-electron chi connectivity index (χ3n) is 3.90. The van der Waals surface area contributed by atoms with Crippen LogP contribution < -0.4 is 10.2 Å². The molecular formula is C17H21ClN4O2. The van der Waals surface area contributed by atoms with Crippen molar-refractivity contribution in [3.05, 3.63) is 23.2 Å². The molecule has 0 atom stereocenters. The monoisotopic (exact) mass is 348 g/mol. The van der Waals surface area contributed by atoms with Gasteiger partial charge in [-0.1, -0.05) is 31.5 Å². The van der Waals surface area contributed by atoms with Crippen molar-refractivity contribution < 1.29 is 9.59 Å². The Morgan fingerprint density at radius 3 is 2.54 bits per heavy atom. The maximum Gasteiger partial charge on any atom is 0.238 e. The van der Waals surface area contributed by atoms with Crippen molar-refractivity contribution in [3.63, 3.8) is 0 Å². The number of hydrogen-bond acceptors (Lipinski definition) is 4. The molecule has 1 aliphatic heterocycles. The molecule has 1 aromatic carbocycles. The molecule has 7 heteroatoms. The second-order valence-electron chi connectivity index (χ2n) is 5.99. The number of carbonyl (C=O) groups excluding carboxylic acids is 2. The van der Waals surface area contributed by atoms with Gasteiger partial charge in [-0.2, -0.15) is 5.26 Å². The predicted molar refractivity (Wildman–Crippen MR) is 93.9 cm³/mol. The van der Waals surface area contributed by atoms with E-state index >= 15 is 0 Å². The molecule has 2 rings (SSSR count). The molecule has 2 amide bonds. The minimum atomic E-state index is -0.366. The highest BCUT2D eigenvalue weighted by Gasteiger charge is 2.25. The number of hydrogen-bond donors (Lipinski definition) is 1. The van der Waals surface area contributed by atoms with Crippen LogP contribution in [0.25, 0.3) is 0 Å². The second-order valence-corrected chi connectivity index (χ2v) is 6.39. The molecule has 6 nitrogen and oxygen atoms in total. The number of nitrogens with one attached hydrogen (secondary N) is 1. The lowest BCUT2D eigenvalue weighted by Gasteiger charge is -2.38. The topological polar surface area (TPSA) is 76.4 Å². The number of nitrogens with zero attached hydrogens (tertiary/aromatic N) is 3. The molecule has 0 saturated carbocycles. The van der Waals surface area contributed by atoms with Gasteiger partial charge in [-0.25, -0.2) is 0 Å². The minimum Gasteiger partial charge on any atom is -0.365 e. The first kappa shape index (κ1) is 18.1. The Bertz CT molecular complexity index is 661. The number of rotatable bonds is 4. The van der Waals surface area contributed by atoms with Gasteiger partial charge in [0, 0.05) is 32.1 Å². The number of nitriles is 1. The van der Waals surface area contributed by atoms with Crippen molar-refractivity contribution >= 4 is 34.8 Å². The number of halogens is 1. The lowest BCUT2D eigenvalue weighted by atomic mass is 10.1. The molecule has 1 aromatic rings. The van der Waals surface area contributed by atoms with E-state index in [0.717, 1.165) is 5.69 Å². The minimum absolute atomic E-state index is 0.0160. The number of carbonyl (C=O) groups is 2. The summed E-state index contributed by atoms with van der Waals surface area (Å²) in [7, 11) is 0. The smallest absolute Gasteiger partial charge is 0.238 e. The summed E-state index contributed by atoms with van der Waals surface area (Å²) in [6, 6.07) is 7.12. The van der Waals surface area contributed by atoms with Crippen LogP contribution in [0.5, 0.6) is 0 Å². The van der Waals surface area contributed by atoms with Crippen molar-refractivity contribution in [1.29, 1.82) is 5.26 Å². The van der Waals surface area contributed by atoms with E-state index in [1.165, 1.54) is 0 Å². The average Bonchev–Trinajstić information content (AvgIpc) is 2.55. The van der Waals surface area contributed by atoms with E-state index in [9.17, 15) is 9.59 Å². The van der Waals surface area contributed by atoms with Crippen LogP contribution in [-0.2, 0) is 9.59 Å². The van der Waals surface area contributed by atoms with Gasteiger partial charge < -0.3 is 15.1 Å². The van der Waals surface area contributed by atoms with Gasteiger partial charge in [0.25, 0.3) is 0 Å². The molecule has 1 aliphatic rings. The number of para-hydroxylation sites is 1. The van der Waals surface area contributed by atoms with Gasteiger partial charge in [-0.05, 0) is 12.1 Å². The van der Waals surface area contributed by atoms with Crippen molar-refractivity contribution in [2.24, 2.45) is 5.92 Å². The molecule has 0 aromatic heterocycles. The second kappa shape index (κ2) is 8.02. The summed E-state index contributed by atoms with van der Waals surface area (Å²) in [6.07, 6.45) is -0.206. The zero-order chi connectivity index (χ0) is 17.7. The lowest BCUT2D eigenvalue weighted by molar-refractivity contribution is -0.134. The van der Waals surface area contributed by atoms with Crippen LogP contribution in [0, 0.1) is 17.2 Å². The lowest BCUT2D eigenvalue weighted by Crippen LogP contribution is -2.50. The van der Waals surface area contributed by atoms with E-state index in [2.05, 4.69) is 10.2 Å². The normalized spacial score (nSPS) is 14.5. The fourth-order valence-electron chi connectivity index (χ4n) is 2.72. The molecular weight excluding hydrogens is 328 g/mol. The molecule has 24 heavy (non-hydrogen) atoms. The molecule has 1 heterocycles. The van der Waals surface area contributed by atoms with Crippen LogP contribution in [0.15, 0.2) is 18.2 Å². The molecule has 1 saturated heterocycles. The Labute approximate surface area is 147 Å². The predicted octanol–water partition coefficient (Wildman–Crippen LogP) is 2.50. The number of benzene rings is 1. The Morgan fingerprint density at radius 1 is 1.29 bits per heavy atom. The third-order valence-corrected chi connectivity index (χ3v) is 4.21. The zero-order valence-electron chi connectivity index (χ0n) is 13.9. The van der Waals surface area contributed by atoms with Gasteiger partial charge in [0.05, 0.1) is 22.5 Å². The first-order valence-electron chi connectivity index (χ1n) is 7.93. The Morgan fingerprint density at radius 2 is 1.96 bits per heavy atom. The summed E-state index contributed by atoms with van der Waals surface area (Å²) in [6.45, 7) is 6.31. The van der Waals surface area contributed by atoms with Gasteiger partial charge in [-0.15, -0.1) is 0 Å². The molecule has 1 fully saturated rings. The first-order valence-corrected chi connectivity index (χ1v) is 8.31. The standard InChI is InChI=1S/C17H21ClN4O2/c1-12(2)17(24)22-10-8-21(9-11-22)16-13(18)4-3-5-14(16)20-15(23)6-7-19/h3-5,12H,6,8-11H2,1-2H3,(H,20,23). The summed E-state index contributed by atoms with van der Waals surface area (Å²) < 4.78 is 0. The molecule has 0 spiro atoms. The summed E-state index contributed by atoms with van der Waals surface area (Å²) in [5.41, 5.74) is 1.33. The van der Waals surface area contributed by atoms with E-state index in [-0.39, 0.29) is 24.2 Å². The number of amides is 2. The van der Waals surface area contributed by atoms with Crippen molar-refractivity contribution in [3.8, 4) is 6.07 Å². The highest BCUT2D eigenvalue weighted by atomic mass is 35.5. The highest BCUT2D eigenvalue weighted by Crippen LogP contribution is 2.34. The fraction of sp³-hybridized carbons (Fsp3) is 0.471. The SMILES string of the molecule is CC(C)C(=O)N1CCN(c2c(Cl)cccc2NC(=O)CC#N)CC1. The molecule has 0 bridgehead atoms. The van der Waals surface area contributed by atoms with Gasteiger partial charge >= 0.3 is 0 Å². The maximum atomic E-state index is 12.1. The van der Waals surface area contributed by atoms with Crippen molar-refractivity contribution in [2.75, 3.05) is 36.4 Å². The molecule has 1 N–H and O–H groups in total. The summed E-state index contributed by atoms with van der Waals surface area (Å²) in [4.78, 5) is 27.7. The zero-order valence-corrected chi connectivity index (χ0v) is 14.6. The average molecular weight is 349 g/mol. The fourth-order valence-corrected chi connectivity index (χ4v) is 3.01. The first-order chi connectivity index (χ1) is 11.4. The van der Waals surface area contributed by atoms with Crippen LogP contribution in [0.2, 0.25) is 5.02 Å². The molecule has 0 radical (unpaired) electrons. The Hall–Kier alpha value is -2.26. The molecule has 0 aliphatic carbocycles. The largest absolute Gasteiger partial charge is 0.365 e. The quantitative estimate of drug-likeness (QED) is 0.907. The van der Waals surface area contributed by atoms with Gasteiger partial charge in [0.15, 0.2) is 0 Å². The van der Waals surface area contributed by atoms with Gasteiger partial charge in [0.1, 0.15) is 6.42 Å². The Balaban J connectivity index is 2.14. The molecule has 128 valence electrons. The number of anilines is 2. The highest BCUT2D eigenvalue weighted by molar-refractivity contribution is 6.34. The molecule has 0 unspecified atom stereocenters. The van der Waals surface area contributed by atoms with E-state index in [4.69, 9.17) is 16.9 Å². The van der Waals surface area contributed by atoms with E-state index in [1.807, 2.05) is 24.8 Å². The van der Waals surface area contributed by atoms with Crippen LogP contribution in [0.1, 0.15) is 20.3 Å². The van der Waals surface area contributed by atoms with Gasteiger partial charge in [-0.3, -0.25) is 9.59 Å². The van der Waals surface area contributed by atoms with Crippen LogP contribution >= 0.6 is 11.6 Å². The summed E-state index contributed by atoms with van der Waals surface area (Å²) in [5, 5.41) is 11.9. The van der Waals surface area contributed by atoms with E-state index < -0.39 is 0 Å². The summed E-state index contributed by atoms with van der Waals surface area (Å²) >= 11 is 6.33. The third kappa shape index (κ3) is 4.18. The maximum absolute atomic E-state index is 12.1. The van der Waals surface area contributed by atoms with Crippen LogP contribution in [0.4, 0.5) is 11.4 Å². The number of piperazine rings is 1. The Kier molecular flexibility index (Phi) is 6.04. The van der Waals surface area contributed by atoms with Gasteiger partial charge in [0.2, 0.25) is 11.8 Å².